The van der Waals surface area contributed by atoms with E-state index in [0.717, 1.165) is 116 Å². The Bertz CT molecular complexity index is 1600. The molecule has 69 heavy (non-hydrogen) atoms. The van der Waals surface area contributed by atoms with Crippen molar-refractivity contribution in [2.75, 3.05) is 54.1 Å². The summed E-state index contributed by atoms with van der Waals surface area (Å²) in [6, 6.07) is 0. The second-order valence-electron chi connectivity index (χ2n) is 18.1. The van der Waals surface area contributed by atoms with Gasteiger partial charge in [0.15, 0.2) is 0 Å². The fourth-order valence-electron chi connectivity index (χ4n) is 6.37. The van der Waals surface area contributed by atoms with Gasteiger partial charge in [-0.25, -0.2) is 0 Å². The van der Waals surface area contributed by atoms with E-state index < -0.39 is 13.9 Å². The number of carbonyl (C=O) groups excluding carboxylic acids is 1. The van der Waals surface area contributed by atoms with Gasteiger partial charge in [-0.2, -0.15) is 0 Å². The lowest BCUT2D eigenvalue weighted by Crippen LogP contribution is -2.37. The van der Waals surface area contributed by atoms with Crippen LogP contribution in [0.3, 0.4) is 0 Å². The minimum atomic E-state index is -4.56. The molecule has 0 spiro atoms. The Morgan fingerprint density at radius 2 is 0.797 bits per heavy atom. The molecular weight excluding hydrogens is 878 g/mol. The maximum absolute atomic E-state index is 12.8. The van der Waals surface area contributed by atoms with Crippen molar-refractivity contribution in [3.8, 4) is 0 Å². The Morgan fingerprint density at radius 3 is 1.19 bits per heavy atom. The van der Waals surface area contributed by atoms with E-state index in [1.807, 2.05) is 21.1 Å². The monoisotopic (exact) mass is 976 g/mol. The van der Waals surface area contributed by atoms with Crippen LogP contribution in [0, 0.1) is 0 Å². The topological polar surface area (TPSA) is 94.1 Å². The molecule has 0 aromatic carbocycles. The van der Waals surface area contributed by atoms with Crippen molar-refractivity contribution in [2.24, 2.45) is 0 Å². The van der Waals surface area contributed by atoms with Gasteiger partial charge in [-0.3, -0.25) is 9.36 Å². The quantitative estimate of drug-likeness (QED) is 0.0197. The number of likely N-dealkylation sites (N-methyl/N-ethyl adjacent to an activating group) is 1. The summed E-state index contributed by atoms with van der Waals surface area (Å²) < 4.78 is 34.7. The Labute approximate surface area is 423 Å². The molecule has 2 unspecified atom stereocenters. The molecule has 0 aliphatic rings. The summed E-state index contributed by atoms with van der Waals surface area (Å²) in [6.07, 6.45) is 75.9. The number of unbranched alkanes of at least 4 members (excludes halogenated alkanes) is 9. The molecule has 0 rings (SSSR count). The molecular formula is C60H98NO7P. The highest BCUT2D eigenvalue weighted by atomic mass is 31.2. The number of rotatable bonds is 47. The number of hydrogen-bond acceptors (Lipinski definition) is 7. The summed E-state index contributed by atoms with van der Waals surface area (Å²) in [5.74, 6) is -0.387. The number of esters is 1. The number of phosphoric ester groups is 1. The van der Waals surface area contributed by atoms with Crippen molar-refractivity contribution in [3.05, 3.63) is 146 Å². The van der Waals surface area contributed by atoms with E-state index in [1.165, 1.54) is 25.7 Å². The summed E-state index contributed by atoms with van der Waals surface area (Å²) >= 11 is 0. The number of phosphoric acid groups is 1. The molecule has 0 aliphatic heterocycles. The van der Waals surface area contributed by atoms with E-state index in [9.17, 15) is 14.3 Å². The van der Waals surface area contributed by atoms with Crippen LogP contribution in [0.4, 0.5) is 0 Å². The highest BCUT2D eigenvalue weighted by molar-refractivity contribution is 7.45. The first-order valence-corrected chi connectivity index (χ1v) is 28.0. The first kappa shape index (κ1) is 65.4. The molecule has 9 heteroatoms. The second kappa shape index (κ2) is 50.8. The van der Waals surface area contributed by atoms with Gasteiger partial charge in [-0.1, -0.05) is 192 Å². The van der Waals surface area contributed by atoms with Crippen molar-refractivity contribution in [3.63, 3.8) is 0 Å². The average Bonchev–Trinajstić information content (AvgIpc) is 3.31. The molecule has 0 aliphatic carbocycles. The summed E-state index contributed by atoms with van der Waals surface area (Å²) in [6.45, 7) is 5.05. The summed E-state index contributed by atoms with van der Waals surface area (Å²) in [4.78, 5) is 25.2. The fraction of sp³-hybridized carbons (Fsp3) is 0.583. The Morgan fingerprint density at radius 1 is 0.449 bits per heavy atom. The molecule has 2 atom stereocenters. The van der Waals surface area contributed by atoms with Crippen LogP contribution < -0.4 is 4.89 Å². The molecule has 0 aromatic heterocycles. The van der Waals surface area contributed by atoms with Crippen LogP contribution in [0.25, 0.3) is 0 Å². The summed E-state index contributed by atoms with van der Waals surface area (Å²) in [7, 11) is 1.29. The second-order valence-corrected chi connectivity index (χ2v) is 19.5. The zero-order valence-corrected chi connectivity index (χ0v) is 45.1. The standard InChI is InChI=1S/C60H98NO7P/c1-6-8-10-12-14-16-18-20-22-24-26-28-29-30-31-32-34-36-38-40-42-44-46-48-50-52-55-65-57-59(58-67-69(63,64)66-56-54-61(3,4)5)68-60(62)53-51-49-47-45-43-41-39-37-35-33-27-25-23-21-19-17-15-13-11-9-7-2/h8-11,14-17,20-23,26-28,30-31,33-34,36-37,39,43,45,59H,6-7,12-13,18-19,24-25,29,32,35,38,40-42,44,46-58H2,1-5H3/b10-8-,11-9-,16-14-,17-15-,22-20-,23-21-,28-26-,31-30-,33-27-,36-34-,39-37-,45-43-. The molecule has 0 saturated heterocycles. The van der Waals surface area contributed by atoms with Gasteiger partial charge in [0.1, 0.15) is 19.3 Å². The van der Waals surface area contributed by atoms with Crippen molar-refractivity contribution >= 4 is 13.8 Å². The van der Waals surface area contributed by atoms with Crippen LogP contribution in [0.15, 0.2) is 146 Å². The van der Waals surface area contributed by atoms with E-state index >= 15 is 0 Å². The Balaban J connectivity index is 4.28. The van der Waals surface area contributed by atoms with Crippen molar-refractivity contribution < 1.29 is 37.3 Å². The lowest BCUT2D eigenvalue weighted by molar-refractivity contribution is -0.870. The minimum absolute atomic E-state index is 0.00543. The van der Waals surface area contributed by atoms with Gasteiger partial charge in [-0.05, 0) is 116 Å². The van der Waals surface area contributed by atoms with E-state index in [-0.39, 0.29) is 32.2 Å². The average molecular weight is 976 g/mol. The maximum Gasteiger partial charge on any atom is 0.306 e. The summed E-state index contributed by atoms with van der Waals surface area (Å²) in [5, 5.41) is 0. The highest BCUT2D eigenvalue weighted by Crippen LogP contribution is 2.38. The van der Waals surface area contributed by atoms with Gasteiger partial charge in [0.25, 0.3) is 7.82 Å². The summed E-state index contributed by atoms with van der Waals surface area (Å²) in [5.41, 5.74) is 0. The van der Waals surface area contributed by atoms with Gasteiger partial charge in [0.2, 0.25) is 0 Å². The minimum Gasteiger partial charge on any atom is -0.756 e. The Hall–Kier alpha value is -3.62. The van der Waals surface area contributed by atoms with Crippen LogP contribution in [-0.2, 0) is 27.9 Å². The number of hydrogen-bond donors (Lipinski definition) is 0. The van der Waals surface area contributed by atoms with Gasteiger partial charge < -0.3 is 27.9 Å². The number of quaternary nitrogens is 1. The predicted molar refractivity (Wildman–Crippen MR) is 295 cm³/mol. The van der Waals surface area contributed by atoms with Gasteiger partial charge in [0.05, 0.1) is 34.4 Å². The van der Waals surface area contributed by atoms with Crippen LogP contribution >= 0.6 is 7.82 Å². The maximum atomic E-state index is 12.8. The molecule has 0 fully saturated rings. The first-order valence-electron chi connectivity index (χ1n) is 26.6. The SMILES string of the molecule is CC/C=C\C/C=C\C/C=C\C/C=C\C/C=C\C/C=C\CCCCCCCCCOCC(COP(=O)([O-])OCC[N+](C)(C)C)OC(=O)CCCC/C=C\C/C=C\C/C=C\C/C=C\C/C=C\C/C=C\CC. The Kier molecular flexibility index (Phi) is 48.1. The van der Waals surface area contributed by atoms with Gasteiger partial charge in [-0.15, -0.1) is 0 Å². The van der Waals surface area contributed by atoms with Crippen LogP contribution in [0.1, 0.15) is 168 Å². The fourth-order valence-corrected chi connectivity index (χ4v) is 7.10. The highest BCUT2D eigenvalue weighted by Gasteiger charge is 2.20. The normalized spacial score (nSPS) is 14.7. The molecule has 0 N–H and O–H groups in total. The van der Waals surface area contributed by atoms with Crippen LogP contribution in [-0.4, -0.2) is 70.7 Å². The molecule has 0 radical (unpaired) electrons. The zero-order valence-electron chi connectivity index (χ0n) is 44.2. The number of allylic oxidation sites excluding steroid dienone is 24. The molecule has 0 saturated carbocycles. The van der Waals surface area contributed by atoms with Crippen LogP contribution in [0.5, 0.6) is 0 Å². The van der Waals surface area contributed by atoms with Crippen molar-refractivity contribution in [1.29, 1.82) is 0 Å². The van der Waals surface area contributed by atoms with Crippen LogP contribution in [0.2, 0.25) is 0 Å². The van der Waals surface area contributed by atoms with E-state index in [2.05, 4.69) is 160 Å². The molecule has 390 valence electrons. The van der Waals surface area contributed by atoms with Crippen molar-refractivity contribution in [1.82, 2.24) is 0 Å². The van der Waals surface area contributed by atoms with E-state index in [4.69, 9.17) is 18.5 Å². The third kappa shape index (κ3) is 55.2. The first-order chi connectivity index (χ1) is 33.6. The predicted octanol–water partition coefficient (Wildman–Crippen LogP) is 16.2. The van der Waals surface area contributed by atoms with Gasteiger partial charge >= 0.3 is 5.97 Å². The smallest absolute Gasteiger partial charge is 0.306 e. The number of carbonyl (C=O) groups is 1. The molecule has 0 bridgehead atoms. The lowest BCUT2D eigenvalue weighted by Gasteiger charge is -2.28. The van der Waals surface area contributed by atoms with Gasteiger partial charge in [0, 0.05) is 13.0 Å². The molecule has 0 heterocycles. The zero-order chi connectivity index (χ0) is 50.5. The largest absolute Gasteiger partial charge is 0.756 e. The third-order valence-electron chi connectivity index (χ3n) is 10.4. The number of ether oxygens (including phenoxy) is 2. The molecule has 0 aromatic rings. The third-order valence-corrected chi connectivity index (χ3v) is 11.4. The van der Waals surface area contributed by atoms with E-state index in [1.54, 1.807) is 0 Å². The molecule has 0 amide bonds. The van der Waals surface area contributed by atoms with E-state index in [0.29, 0.717) is 24.1 Å². The van der Waals surface area contributed by atoms with Crippen molar-refractivity contribution in [2.45, 2.75) is 174 Å². The number of nitrogens with zero attached hydrogens (tertiary/aromatic N) is 1. The molecule has 8 nitrogen and oxygen atoms in total. The lowest BCUT2D eigenvalue weighted by atomic mass is 10.1.